The van der Waals surface area contributed by atoms with Gasteiger partial charge in [0.25, 0.3) is 0 Å². The molecule has 0 aromatic heterocycles. The predicted molar refractivity (Wildman–Crippen MR) is 59.2 cm³/mol. The molecule has 0 radical (unpaired) electrons. The van der Waals surface area contributed by atoms with Crippen LogP contribution in [0.1, 0.15) is 11.1 Å². The van der Waals surface area contributed by atoms with E-state index in [4.69, 9.17) is 0 Å². The van der Waals surface area contributed by atoms with E-state index in [-0.39, 0.29) is 0 Å². The topological polar surface area (TPSA) is 3.24 Å². The van der Waals surface area contributed by atoms with Gasteiger partial charge in [0.05, 0.1) is 0 Å². The van der Waals surface area contributed by atoms with Gasteiger partial charge in [-0.1, -0.05) is 12.1 Å². The minimum Gasteiger partial charge on any atom is -0.302 e. The Hall–Kier alpha value is -0.0900. The molecule has 64 valence electrons. The van der Waals surface area contributed by atoms with Gasteiger partial charge >= 0.3 is 0 Å². The van der Waals surface area contributed by atoms with Crippen LogP contribution in [0, 0.1) is 3.57 Å². The van der Waals surface area contributed by atoms with Crippen LogP contribution in [0.4, 0.5) is 0 Å². The summed E-state index contributed by atoms with van der Waals surface area (Å²) in [6, 6.07) is 6.61. The maximum atomic E-state index is 2.43. The molecule has 0 spiro atoms. The van der Waals surface area contributed by atoms with Crippen molar-refractivity contribution < 1.29 is 0 Å². The van der Waals surface area contributed by atoms with Gasteiger partial charge < -0.3 is 4.90 Å². The summed E-state index contributed by atoms with van der Waals surface area (Å²) in [6.07, 6.45) is 1.21. The number of fused-ring (bicyclic) bond motifs is 1. The van der Waals surface area contributed by atoms with E-state index in [2.05, 4.69) is 52.7 Å². The van der Waals surface area contributed by atoms with Gasteiger partial charge in [-0.05, 0) is 53.3 Å². The fourth-order valence-electron chi connectivity index (χ4n) is 1.67. The smallest absolute Gasteiger partial charge is 0.0244 e. The van der Waals surface area contributed by atoms with Gasteiger partial charge in [0.2, 0.25) is 0 Å². The van der Waals surface area contributed by atoms with Crippen molar-refractivity contribution in [1.82, 2.24) is 4.90 Å². The first-order valence-electron chi connectivity index (χ1n) is 4.22. The minimum atomic E-state index is 1.12. The summed E-state index contributed by atoms with van der Waals surface area (Å²) in [5, 5.41) is 0. The van der Waals surface area contributed by atoms with Gasteiger partial charge in [-0.15, -0.1) is 0 Å². The molecule has 0 bridgehead atoms. The Balaban J connectivity index is 2.43. The molecule has 1 aromatic carbocycles. The molecule has 1 heterocycles. The molecule has 0 saturated heterocycles. The van der Waals surface area contributed by atoms with Gasteiger partial charge in [0, 0.05) is 16.7 Å². The lowest BCUT2D eigenvalue weighted by Crippen LogP contribution is -2.27. The van der Waals surface area contributed by atoms with Crippen LogP contribution in [0.5, 0.6) is 0 Å². The quantitative estimate of drug-likeness (QED) is 0.655. The molecule has 1 nitrogen and oxygen atoms in total. The van der Waals surface area contributed by atoms with Crippen molar-refractivity contribution in [3.05, 3.63) is 32.9 Å². The van der Waals surface area contributed by atoms with E-state index in [1.807, 2.05) is 0 Å². The average molecular weight is 273 g/mol. The highest BCUT2D eigenvalue weighted by Gasteiger charge is 2.14. The summed E-state index contributed by atoms with van der Waals surface area (Å²) >= 11 is 2.43. The van der Waals surface area contributed by atoms with Crippen molar-refractivity contribution >= 4 is 22.6 Å². The number of rotatable bonds is 0. The Labute approximate surface area is 86.9 Å². The van der Waals surface area contributed by atoms with Crippen molar-refractivity contribution in [2.75, 3.05) is 13.6 Å². The number of hydrogen-bond acceptors (Lipinski definition) is 1. The second-order valence-corrected chi connectivity index (χ2v) is 4.53. The van der Waals surface area contributed by atoms with E-state index in [1.165, 1.54) is 22.1 Å². The van der Waals surface area contributed by atoms with Crippen molar-refractivity contribution in [3.8, 4) is 0 Å². The molecule has 1 aromatic rings. The third kappa shape index (κ3) is 1.50. The highest BCUT2D eigenvalue weighted by atomic mass is 127. The molecule has 0 fully saturated rings. The second kappa shape index (κ2) is 3.34. The van der Waals surface area contributed by atoms with E-state index < -0.39 is 0 Å². The van der Waals surface area contributed by atoms with Gasteiger partial charge in [-0.2, -0.15) is 0 Å². The molecule has 0 atom stereocenters. The van der Waals surface area contributed by atoms with Crippen LogP contribution in [-0.2, 0) is 13.0 Å². The maximum Gasteiger partial charge on any atom is 0.0244 e. The lowest BCUT2D eigenvalue weighted by molar-refractivity contribution is 0.312. The van der Waals surface area contributed by atoms with E-state index in [0.717, 1.165) is 6.54 Å². The number of nitrogens with zero attached hydrogens (tertiary/aromatic N) is 1. The zero-order valence-corrected chi connectivity index (χ0v) is 9.34. The van der Waals surface area contributed by atoms with Crippen LogP contribution in [0.25, 0.3) is 0 Å². The zero-order valence-electron chi connectivity index (χ0n) is 7.18. The second-order valence-electron chi connectivity index (χ2n) is 3.37. The molecular weight excluding hydrogens is 261 g/mol. The molecule has 2 rings (SSSR count). The molecule has 0 amide bonds. The third-order valence-corrected chi connectivity index (χ3v) is 3.42. The number of benzene rings is 1. The van der Waals surface area contributed by atoms with Crippen LogP contribution < -0.4 is 0 Å². The Morgan fingerprint density at radius 2 is 2.25 bits per heavy atom. The molecule has 1 aliphatic heterocycles. The van der Waals surface area contributed by atoms with Gasteiger partial charge in [0.15, 0.2) is 0 Å². The summed E-state index contributed by atoms with van der Waals surface area (Å²) in [7, 11) is 2.19. The average Bonchev–Trinajstić information content (AvgIpc) is 2.07. The Morgan fingerprint density at radius 3 is 3.08 bits per heavy atom. The molecular formula is C10H12IN. The number of likely N-dealkylation sites (N-methyl/N-ethyl adjacent to an activating group) is 1. The SMILES string of the molecule is CN1CCc2cccc(I)c2C1. The largest absolute Gasteiger partial charge is 0.302 e. The number of halogens is 1. The highest BCUT2D eigenvalue weighted by molar-refractivity contribution is 14.1. The molecule has 2 heteroatoms. The van der Waals surface area contributed by atoms with Gasteiger partial charge in [-0.25, -0.2) is 0 Å². The van der Waals surface area contributed by atoms with Crippen molar-refractivity contribution in [3.63, 3.8) is 0 Å². The van der Waals surface area contributed by atoms with Crippen LogP contribution in [0.15, 0.2) is 18.2 Å². The summed E-state index contributed by atoms with van der Waals surface area (Å²) in [4.78, 5) is 2.38. The Kier molecular flexibility index (Phi) is 2.37. The van der Waals surface area contributed by atoms with Crippen LogP contribution in [-0.4, -0.2) is 18.5 Å². The van der Waals surface area contributed by atoms with Gasteiger partial charge in [-0.3, -0.25) is 0 Å². The summed E-state index contributed by atoms with van der Waals surface area (Å²) in [5.74, 6) is 0. The summed E-state index contributed by atoms with van der Waals surface area (Å²) in [5.41, 5.74) is 3.08. The van der Waals surface area contributed by atoms with Crippen LogP contribution >= 0.6 is 22.6 Å². The standard InChI is InChI=1S/C10H12IN/c1-12-6-5-8-3-2-4-10(11)9(8)7-12/h2-4H,5-7H2,1H3. The highest BCUT2D eigenvalue weighted by Crippen LogP contribution is 2.22. The fourth-order valence-corrected chi connectivity index (χ4v) is 2.40. The lowest BCUT2D eigenvalue weighted by Gasteiger charge is -2.25. The molecule has 0 aliphatic carbocycles. The van der Waals surface area contributed by atoms with E-state index in [1.54, 1.807) is 5.56 Å². The Morgan fingerprint density at radius 1 is 1.42 bits per heavy atom. The van der Waals surface area contributed by atoms with E-state index in [9.17, 15) is 0 Å². The zero-order chi connectivity index (χ0) is 8.55. The monoisotopic (exact) mass is 273 g/mol. The summed E-state index contributed by atoms with van der Waals surface area (Å²) < 4.78 is 1.41. The maximum absolute atomic E-state index is 2.43. The fraction of sp³-hybridized carbons (Fsp3) is 0.400. The molecule has 0 N–H and O–H groups in total. The normalized spacial score (nSPS) is 17.5. The van der Waals surface area contributed by atoms with Crippen molar-refractivity contribution in [2.45, 2.75) is 13.0 Å². The predicted octanol–water partition coefficient (Wildman–Crippen LogP) is 2.28. The third-order valence-electron chi connectivity index (χ3n) is 2.41. The molecule has 1 aliphatic rings. The van der Waals surface area contributed by atoms with E-state index >= 15 is 0 Å². The van der Waals surface area contributed by atoms with Crippen molar-refractivity contribution in [2.24, 2.45) is 0 Å². The number of hydrogen-bond donors (Lipinski definition) is 0. The van der Waals surface area contributed by atoms with Crippen LogP contribution in [0.2, 0.25) is 0 Å². The molecule has 0 saturated carbocycles. The van der Waals surface area contributed by atoms with E-state index in [0.29, 0.717) is 0 Å². The lowest BCUT2D eigenvalue weighted by atomic mass is 10.0. The first-order valence-corrected chi connectivity index (χ1v) is 5.30. The first-order chi connectivity index (χ1) is 5.77. The van der Waals surface area contributed by atoms with Crippen molar-refractivity contribution in [1.29, 1.82) is 0 Å². The van der Waals surface area contributed by atoms with Gasteiger partial charge in [0.1, 0.15) is 0 Å². The minimum absolute atomic E-state index is 1.12. The summed E-state index contributed by atoms with van der Waals surface area (Å²) in [6.45, 7) is 2.32. The molecule has 12 heavy (non-hydrogen) atoms. The Bertz CT molecular complexity index is 296. The van der Waals surface area contributed by atoms with Crippen LogP contribution in [0.3, 0.4) is 0 Å². The first kappa shape index (κ1) is 8.51. The molecule has 0 unspecified atom stereocenters.